The first-order valence-corrected chi connectivity index (χ1v) is 8.11. The fourth-order valence-corrected chi connectivity index (χ4v) is 2.96. The molecule has 1 unspecified atom stereocenters. The standard InChI is InChI=1S/C17H30N4/c1-14(2)18-11-15-7-5-8-16(19-15)12-21-10-6-9-17(21)13-20(3)4/h5,7-8,14,17-18H,6,9-13H2,1-4H3. The number of nitrogens with one attached hydrogen (secondary N) is 1. The van der Waals surface area contributed by atoms with E-state index in [1.54, 1.807) is 0 Å². The van der Waals surface area contributed by atoms with Crippen molar-refractivity contribution in [1.29, 1.82) is 0 Å². The zero-order valence-corrected chi connectivity index (χ0v) is 14.0. The normalized spacial score (nSPS) is 19.8. The highest BCUT2D eigenvalue weighted by Gasteiger charge is 2.25. The van der Waals surface area contributed by atoms with E-state index in [4.69, 9.17) is 4.98 Å². The second-order valence-corrected chi connectivity index (χ2v) is 6.68. The first-order valence-electron chi connectivity index (χ1n) is 8.11. The third kappa shape index (κ3) is 5.38. The summed E-state index contributed by atoms with van der Waals surface area (Å²) in [5, 5.41) is 3.43. The van der Waals surface area contributed by atoms with Crippen molar-refractivity contribution in [3.05, 3.63) is 29.6 Å². The Balaban J connectivity index is 1.94. The first-order chi connectivity index (χ1) is 10.0. The maximum atomic E-state index is 4.80. The third-order valence-corrected chi connectivity index (χ3v) is 4.00. The molecule has 0 bridgehead atoms. The van der Waals surface area contributed by atoms with Crippen molar-refractivity contribution in [2.45, 2.75) is 51.9 Å². The second-order valence-electron chi connectivity index (χ2n) is 6.68. The van der Waals surface area contributed by atoms with Crippen LogP contribution >= 0.6 is 0 Å². The molecule has 0 amide bonds. The fraction of sp³-hybridized carbons (Fsp3) is 0.706. The minimum atomic E-state index is 0.499. The molecule has 4 nitrogen and oxygen atoms in total. The topological polar surface area (TPSA) is 31.4 Å². The predicted molar refractivity (Wildman–Crippen MR) is 88.2 cm³/mol. The molecule has 1 fully saturated rings. The van der Waals surface area contributed by atoms with E-state index in [9.17, 15) is 0 Å². The van der Waals surface area contributed by atoms with Crippen molar-refractivity contribution in [3.63, 3.8) is 0 Å². The molecule has 0 aliphatic carbocycles. The minimum absolute atomic E-state index is 0.499. The average molecular weight is 290 g/mol. The van der Waals surface area contributed by atoms with Gasteiger partial charge in [0.15, 0.2) is 0 Å². The van der Waals surface area contributed by atoms with Gasteiger partial charge in [0.05, 0.1) is 11.4 Å². The van der Waals surface area contributed by atoms with Gasteiger partial charge in [-0.15, -0.1) is 0 Å². The van der Waals surface area contributed by atoms with Crippen molar-refractivity contribution < 1.29 is 0 Å². The van der Waals surface area contributed by atoms with Crippen LogP contribution < -0.4 is 5.32 Å². The summed E-state index contributed by atoms with van der Waals surface area (Å²) < 4.78 is 0. The van der Waals surface area contributed by atoms with Gasteiger partial charge < -0.3 is 10.2 Å². The zero-order valence-electron chi connectivity index (χ0n) is 14.0. The lowest BCUT2D eigenvalue weighted by atomic mass is 10.2. The van der Waals surface area contributed by atoms with Crippen molar-refractivity contribution in [2.24, 2.45) is 0 Å². The molecule has 1 aromatic heterocycles. The van der Waals surface area contributed by atoms with Gasteiger partial charge in [0, 0.05) is 31.7 Å². The van der Waals surface area contributed by atoms with Crippen LogP contribution in [-0.2, 0) is 13.1 Å². The molecule has 118 valence electrons. The number of hydrogen-bond donors (Lipinski definition) is 1. The second kappa shape index (κ2) is 7.87. The summed E-state index contributed by atoms with van der Waals surface area (Å²) in [4.78, 5) is 9.68. The number of aromatic nitrogens is 1. The van der Waals surface area contributed by atoms with Crippen molar-refractivity contribution >= 4 is 0 Å². The highest BCUT2D eigenvalue weighted by molar-refractivity contribution is 5.11. The van der Waals surface area contributed by atoms with Crippen LogP contribution in [0.25, 0.3) is 0 Å². The molecule has 2 rings (SSSR count). The Kier molecular flexibility index (Phi) is 6.15. The number of likely N-dealkylation sites (tertiary alicyclic amines) is 1. The van der Waals surface area contributed by atoms with Gasteiger partial charge in [0.2, 0.25) is 0 Å². The Morgan fingerprint density at radius 1 is 1.33 bits per heavy atom. The molecule has 1 aliphatic rings. The molecule has 4 heteroatoms. The summed E-state index contributed by atoms with van der Waals surface area (Å²) >= 11 is 0. The fourth-order valence-electron chi connectivity index (χ4n) is 2.96. The lowest BCUT2D eigenvalue weighted by Gasteiger charge is -2.26. The molecular weight excluding hydrogens is 260 g/mol. The average Bonchev–Trinajstić information content (AvgIpc) is 2.83. The molecule has 0 aromatic carbocycles. The minimum Gasteiger partial charge on any atom is -0.309 e. The van der Waals surface area contributed by atoms with Crippen LogP contribution in [0.4, 0.5) is 0 Å². The Labute approximate surface area is 129 Å². The van der Waals surface area contributed by atoms with Crippen LogP contribution in [0.3, 0.4) is 0 Å². The molecule has 1 aromatic rings. The van der Waals surface area contributed by atoms with Crippen LogP contribution in [0.1, 0.15) is 38.1 Å². The molecule has 1 atom stereocenters. The molecule has 0 radical (unpaired) electrons. The molecule has 2 heterocycles. The van der Waals surface area contributed by atoms with E-state index in [2.05, 4.69) is 61.3 Å². The number of likely N-dealkylation sites (N-methyl/N-ethyl adjacent to an activating group) is 1. The molecule has 1 N–H and O–H groups in total. The Hall–Kier alpha value is -0.970. The third-order valence-electron chi connectivity index (χ3n) is 4.00. The summed E-state index contributed by atoms with van der Waals surface area (Å²) in [5.41, 5.74) is 2.34. The molecule has 0 saturated carbocycles. The monoisotopic (exact) mass is 290 g/mol. The van der Waals surface area contributed by atoms with E-state index in [-0.39, 0.29) is 0 Å². The maximum Gasteiger partial charge on any atom is 0.0547 e. The van der Waals surface area contributed by atoms with E-state index in [0.29, 0.717) is 12.1 Å². The number of hydrogen-bond acceptors (Lipinski definition) is 4. The van der Waals surface area contributed by atoms with Gasteiger partial charge in [-0.05, 0) is 45.6 Å². The Bertz CT molecular complexity index is 431. The van der Waals surface area contributed by atoms with Gasteiger partial charge in [0.25, 0.3) is 0 Å². The van der Waals surface area contributed by atoms with Crippen LogP contribution in [0, 0.1) is 0 Å². The predicted octanol–water partition coefficient (Wildman–Crippen LogP) is 2.11. The van der Waals surface area contributed by atoms with E-state index >= 15 is 0 Å². The van der Waals surface area contributed by atoms with Crippen LogP contribution in [0.15, 0.2) is 18.2 Å². The SMILES string of the molecule is CC(C)NCc1cccc(CN2CCCC2CN(C)C)n1. The van der Waals surface area contributed by atoms with E-state index in [1.165, 1.54) is 25.1 Å². The molecule has 1 saturated heterocycles. The van der Waals surface area contributed by atoms with Gasteiger partial charge in [-0.3, -0.25) is 9.88 Å². The van der Waals surface area contributed by atoms with Crippen molar-refractivity contribution in [1.82, 2.24) is 20.1 Å². The van der Waals surface area contributed by atoms with Crippen LogP contribution in [-0.4, -0.2) is 54.1 Å². The summed E-state index contributed by atoms with van der Waals surface area (Å²) in [7, 11) is 4.32. The highest BCUT2D eigenvalue weighted by atomic mass is 15.2. The summed E-state index contributed by atoms with van der Waals surface area (Å²) in [6, 6.07) is 7.58. The summed E-state index contributed by atoms with van der Waals surface area (Å²) in [5.74, 6) is 0. The van der Waals surface area contributed by atoms with Crippen LogP contribution in [0.2, 0.25) is 0 Å². The highest BCUT2D eigenvalue weighted by Crippen LogP contribution is 2.20. The summed E-state index contributed by atoms with van der Waals surface area (Å²) in [6.45, 7) is 8.52. The van der Waals surface area contributed by atoms with Crippen molar-refractivity contribution in [3.8, 4) is 0 Å². The zero-order chi connectivity index (χ0) is 15.2. The van der Waals surface area contributed by atoms with Gasteiger partial charge in [-0.1, -0.05) is 19.9 Å². The lowest BCUT2D eigenvalue weighted by Crippen LogP contribution is -2.37. The first kappa shape index (κ1) is 16.4. The number of rotatable bonds is 7. The maximum absolute atomic E-state index is 4.80. The van der Waals surface area contributed by atoms with Gasteiger partial charge in [-0.2, -0.15) is 0 Å². The quantitative estimate of drug-likeness (QED) is 0.833. The largest absolute Gasteiger partial charge is 0.309 e. The molecule has 21 heavy (non-hydrogen) atoms. The van der Waals surface area contributed by atoms with E-state index in [0.717, 1.165) is 25.3 Å². The molecular formula is C17H30N4. The van der Waals surface area contributed by atoms with E-state index < -0.39 is 0 Å². The number of pyridine rings is 1. The molecule has 1 aliphatic heterocycles. The lowest BCUT2D eigenvalue weighted by molar-refractivity contribution is 0.199. The Morgan fingerprint density at radius 2 is 2.10 bits per heavy atom. The number of nitrogens with zero attached hydrogens (tertiary/aromatic N) is 3. The van der Waals surface area contributed by atoms with Crippen LogP contribution in [0.5, 0.6) is 0 Å². The van der Waals surface area contributed by atoms with E-state index in [1.807, 2.05) is 0 Å². The van der Waals surface area contributed by atoms with Gasteiger partial charge in [-0.25, -0.2) is 0 Å². The Morgan fingerprint density at radius 3 is 2.81 bits per heavy atom. The van der Waals surface area contributed by atoms with Crippen molar-refractivity contribution in [2.75, 3.05) is 27.2 Å². The smallest absolute Gasteiger partial charge is 0.0547 e. The summed E-state index contributed by atoms with van der Waals surface area (Å²) in [6.07, 6.45) is 2.62. The van der Waals surface area contributed by atoms with Gasteiger partial charge >= 0.3 is 0 Å². The van der Waals surface area contributed by atoms with Gasteiger partial charge in [0.1, 0.15) is 0 Å². The molecule has 0 spiro atoms.